The van der Waals surface area contributed by atoms with Crippen LogP contribution in [0.2, 0.25) is 0 Å². The van der Waals surface area contributed by atoms with Crippen molar-refractivity contribution in [3.63, 3.8) is 0 Å². The Morgan fingerprint density at radius 2 is 1.82 bits per heavy atom. The van der Waals surface area contributed by atoms with Gasteiger partial charge in [-0.25, -0.2) is 0 Å². The van der Waals surface area contributed by atoms with Crippen molar-refractivity contribution in [2.75, 3.05) is 13.2 Å². The van der Waals surface area contributed by atoms with Gasteiger partial charge in [0, 0.05) is 16.7 Å². The molecule has 40 heavy (non-hydrogen) atoms. The highest BCUT2D eigenvalue weighted by molar-refractivity contribution is 6.02. The molecule has 1 unspecified atom stereocenters. The fourth-order valence-electron chi connectivity index (χ4n) is 8.49. The zero-order valence-electron chi connectivity index (χ0n) is 26.4. The fraction of sp³-hybridized carbons (Fsp3) is 0.765. The second-order valence-electron chi connectivity index (χ2n) is 15.1. The number of nitrogens with two attached hydrogens (primary N) is 1. The maximum Gasteiger partial charge on any atom is 0.319 e. The zero-order chi connectivity index (χ0) is 30.3. The molecule has 222 valence electrons. The highest BCUT2D eigenvalue weighted by atomic mass is 16.5. The monoisotopic (exact) mass is 552 g/mol. The first kappa shape index (κ1) is 32.3. The summed E-state index contributed by atoms with van der Waals surface area (Å²) in [5.74, 6) is -0.283. The van der Waals surface area contributed by atoms with Crippen molar-refractivity contribution in [2.45, 2.75) is 107 Å². The van der Waals surface area contributed by atoms with Crippen LogP contribution in [0.1, 0.15) is 107 Å². The average molecular weight is 553 g/mol. The molecule has 3 rings (SSSR count). The minimum absolute atomic E-state index is 0.0105. The van der Waals surface area contributed by atoms with Gasteiger partial charge in [-0.15, -0.1) is 0 Å². The molecular weight excluding hydrogens is 500 g/mol. The molecule has 3 aliphatic rings. The summed E-state index contributed by atoms with van der Waals surface area (Å²) in [5.41, 5.74) is 5.88. The van der Waals surface area contributed by atoms with Crippen molar-refractivity contribution in [1.29, 1.82) is 5.26 Å². The van der Waals surface area contributed by atoms with E-state index in [0.717, 1.165) is 50.5 Å². The number of fused-ring (bicyclic) bond motifs is 1. The largest absolute Gasteiger partial charge is 0.464 e. The van der Waals surface area contributed by atoms with Crippen molar-refractivity contribution in [3.8, 4) is 6.07 Å². The van der Waals surface area contributed by atoms with Crippen LogP contribution in [0.3, 0.4) is 0 Å². The Morgan fingerprint density at radius 3 is 2.38 bits per heavy atom. The summed E-state index contributed by atoms with van der Waals surface area (Å²) in [6.45, 7) is 19.7. The van der Waals surface area contributed by atoms with E-state index in [9.17, 15) is 19.6 Å². The van der Waals surface area contributed by atoms with Crippen LogP contribution in [0, 0.1) is 56.2 Å². The summed E-state index contributed by atoms with van der Waals surface area (Å²) in [7, 11) is 0. The van der Waals surface area contributed by atoms with Crippen molar-refractivity contribution in [1.82, 2.24) is 0 Å². The van der Waals surface area contributed by atoms with Gasteiger partial charge >= 0.3 is 5.97 Å². The minimum Gasteiger partial charge on any atom is -0.464 e. The van der Waals surface area contributed by atoms with Crippen molar-refractivity contribution in [2.24, 2.45) is 50.6 Å². The van der Waals surface area contributed by atoms with Gasteiger partial charge in [0.2, 0.25) is 0 Å². The molecule has 0 aliphatic heterocycles. The third kappa shape index (κ3) is 5.73. The molecule has 0 aromatic rings. The highest BCUT2D eigenvalue weighted by Crippen LogP contribution is 2.65. The first-order chi connectivity index (χ1) is 18.4. The first-order valence-electron chi connectivity index (χ1n) is 15.1. The number of carbonyl (C=O) groups is 3. The van der Waals surface area contributed by atoms with Gasteiger partial charge in [-0.05, 0) is 86.0 Å². The molecule has 0 spiro atoms. The van der Waals surface area contributed by atoms with Gasteiger partial charge in [0.1, 0.15) is 6.07 Å². The lowest BCUT2D eigenvalue weighted by Gasteiger charge is -2.59. The predicted molar refractivity (Wildman–Crippen MR) is 158 cm³/mol. The zero-order valence-corrected chi connectivity index (χ0v) is 26.4. The number of nitrogens with zero attached hydrogens (tertiary/aromatic N) is 1. The topological polar surface area (TPSA) is 110 Å². The number of hydrogen-bond acceptors (Lipinski definition) is 6. The van der Waals surface area contributed by atoms with Gasteiger partial charge in [0.05, 0.1) is 18.7 Å². The maximum atomic E-state index is 12.9. The van der Waals surface area contributed by atoms with E-state index in [0.29, 0.717) is 12.5 Å². The molecule has 6 nitrogen and oxygen atoms in total. The average Bonchev–Trinajstić information content (AvgIpc) is 2.87. The number of ketones is 2. The van der Waals surface area contributed by atoms with E-state index >= 15 is 0 Å². The summed E-state index contributed by atoms with van der Waals surface area (Å²) in [5, 5.41) is 9.80. The van der Waals surface area contributed by atoms with Crippen LogP contribution in [0.15, 0.2) is 23.3 Å². The summed E-state index contributed by atoms with van der Waals surface area (Å²) < 4.78 is 5.72. The van der Waals surface area contributed by atoms with Gasteiger partial charge in [0.15, 0.2) is 11.6 Å². The Morgan fingerprint density at radius 1 is 1.18 bits per heavy atom. The van der Waals surface area contributed by atoms with Gasteiger partial charge < -0.3 is 10.5 Å². The predicted octanol–water partition coefficient (Wildman–Crippen LogP) is 6.73. The van der Waals surface area contributed by atoms with Crippen molar-refractivity contribution < 1.29 is 19.1 Å². The number of ether oxygens (including phenoxy) is 1. The van der Waals surface area contributed by atoms with Crippen molar-refractivity contribution >= 4 is 17.5 Å². The Labute approximate surface area is 242 Å². The Balaban J connectivity index is 2.02. The van der Waals surface area contributed by atoms with E-state index in [4.69, 9.17) is 10.5 Å². The van der Waals surface area contributed by atoms with Crippen LogP contribution in [-0.2, 0) is 19.1 Å². The maximum absolute atomic E-state index is 12.9. The summed E-state index contributed by atoms with van der Waals surface area (Å²) >= 11 is 0. The molecule has 6 atom stereocenters. The Kier molecular flexibility index (Phi) is 9.03. The van der Waals surface area contributed by atoms with Crippen LogP contribution in [0.5, 0.6) is 0 Å². The summed E-state index contributed by atoms with van der Waals surface area (Å²) in [6.07, 6.45) is 10.3. The van der Waals surface area contributed by atoms with Gasteiger partial charge in [-0.3, -0.25) is 14.4 Å². The molecule has 0 heterocycles. The highest BCUT2D eigenvalue weighted by Gasteiger charge is 2.58. The Hall–Kier alpha value is -2.26. The lowest BCUT2D eigenvalue weighted by Crippen LogP contribution is -2.53. The molecule has 2 fully saturated rings. The molecule has 3 aliphatic carbocycles. The number of Topliss-reactive ketones (excluding diaryl/α,β-unsaturated/α-hetero) is 1. The molecule has 0 radical (unpaired) electrons. The van der Waals surface area contributed by atoms with Crippen LogP contribution < -0.4 is 5.73 Å². The number of esters is 1. The van der Waals surface area contributed by atoms with E-state index in [1.54, 1.807) is 13.0 Å². The van der Waals surface area contributed by atoms with E-state index in [2.05, 4.69) is 54.5 Å². The van der Waals surface area contributed by atoms with Crippen LogP contribution in [0.25, 0.3) is 0 Å². The number of rotatable bonds is 8. The van der Waals surface area contributed by atoms with Crippen LogP contribution in [-0.4, -0.2) is 30.7 Å². The normalized spacial score (nSPS) is 36.8. The van der Waals surface area contributed by atoms with E-state index in [1.807, 2.05) is 13.0 Å². The molecule has 6 heteroatoms. The number of allylic oxidation sites excluding steroid dienone is 4. The van der Waals surface area contributed by atoms with Crippen molar-refractivity contribution in [3.05, 3.63) is 23.3 Å². The number of carbonyl (C=O) groups excluding carboxylic acids is 3. The molecule has 2 saturated carbocycles. The van der Waals surface area contributed by atoms with Crippen LogP contribution >= 0.6 is 0 Å². The van der Waals surface area contributed by atoms with E-state index < -0.39 is 5.41 Å². The lowest BCUT2D eigenvalue weighted by atomic mass is 9.44. The molecule has 2 N–H and O–H groups in total. The lowest BCUT2D eigenvalue weighted by molar-refractivity contribution is -0.150. The van der Waals surface area contributed by atoms with E-state index in [1.165, 1.54) is 0 Å². The quantitative estimate of drug-likeness (QED) is 0.264. The molecular formula is C34H52N2O4. The second-order valence-corrected chi connectivity index (χ2v) is 15.1. The summed E-state index contributed by atoms with van der Waals surface area (Å²) in [4.78, 5) is 37.7. The minimum atomic E-state index is -0.551. The summed E-state index contributed by atoms with van der Waals surface area (Å²) in [6, 6.07) is 2.14. The number of hydrogen-bond donors (Lipinski definition) is 1. The molecule has 0 aromatic heterocycles. The second kappa shape index (κ2) is 11.2. The molecule has 0 saturated heterocycles. The van der Waals surface area contributed by atoms with Gasteiger partial charge in [-0.2, -0.15) is 5.26 Å². The third-order valence-corrected chi connectivity index (χ3v) is 11.7. The molecule has 0 aromatic carbocycles. The standard InChI is InChI=1S/C34H52N2O4/c1-22-17-30(4,5)12-14-34(22,21-40-28(38)20-36)15-13-31(6,7)33(9)11-10-26-24(3)29(39)25(19-35)18-32(26,8)27(33)16-23(2)37/h16,18,22,24,26H,10-15,17,20-21,36H2,1-9H3/b27-16-/t22?,24-,26-,32-,33+,34+/m0/s1. The van der Waals surface area contributed by atoms with Gasteiger partial charge in [0.25, 0.3) is 0 Å². The third-order valence-electron chi connectivity index (χ3n) is 11.7. The smallest absolute Gasteiger partial charge is 0.319 e. The fourth-order valence-corrected chi connectivity index (χ4v) is 8.49. The number of nitriles is 1. The SMILES string of the molecule is CC(=O)/C=C1/[C@@]2(C)C=C(C#N)C(=O)[C@@H](C)[C@@H]2CC[C@@]1(C)C(C)(C)CC[C@@]1(COC(=O)CN)CCC(C)(C)CC1C. The van der Waals surface area contributed by atoms with Crippen LogP contribution in [0.4, 0.5) is 0 Å². The first-order valence-corrected chi connectivity index (χ1v) is 15.1. The van der Waals surface area contributed by atoms with E-state index in [-0.39, 0.29) is 63.1 Å². The molecule has 0 bridgehead atoms. The Bertz CT molecular complexity index is 1140. The van der Waals surface area contributed by atoms with Gasteiger partial charge in [-0.1, -0.05) is 67.0 Å². The molecule has 0 amide bonds.